The van der Waals surface area contributed by atoms with E-state index in [1.165, 1.54) is 12.1 Å². The van der Waals surface area contributed by atoms with E-state index in [-0.39, 0.29) is 48.0 Å². The minimum absolute atomic E-state index is 0.0322. The number of carbonyl (C=O) groups excluding carboxylic acids is 5. The third-order valence-electron chi connectivity index (χ3n) is 12.7. The van der Waals surface area contributed by atoms with Crippen molar-refractivity contribution in [3.8, 4) is 22.4 Å². The summed E-state index contributed by atoms with van der Waals surface area (Å²) in [5.74, 6) is -3.39. The number of amides is 5. The van der Waals surface area contributed by atoms with Crippen LogP contribution in [0.3, 0.4) is 0 Å². The minimum Gasteiger partial charge on any atom is -0.384 e. The molecule has 16 nitrogen and oxygen atoms in total. The summed E-state index contributed by atoms with van der Waals surface area (Å²) in [5, 5.41) is 13.2. The highest BCUT2D eigenvalue weighted by molar-refractivity contribution is 6.25. The van der Waals surface area contributed by atoms with Crippen molar-refractivity contribution in [2.45, 2.75) is 63.6 Å². The fourth-order valence-electron chi connectivity index (χ4n) is 9.11. The highest BCUT2D eigenvalue weighted by Gasteiger charge is 2.45. The Labute approximate surface area is 373 Å². The van der Waals surface area contributed by atoms with Gasteiger partial charge in [-0.1, -0.05) is 18.2 Å². The molecule has 2 aromatic heterocycles. The molecular weight excluding hydrogens is 839 g/mol. The Morgan fingerprint density at radius 1 is 0.831 bits per heavy atom. The maximum Gasteiger partial charge on any atom is 0.264 e. The van der Waals surface area contributed by atoms with Gasteiger partial charge in [0, 0.05) is 80.8 Å². The van der Waals surface area contributed by atoms with Gasteiger partial charge in [0.05, 0.1) is 66.0 Å². The summed E-state index contributed by atoms with van der Waals surface area (Å²) in [6.07, 6.45) is 9.53. The van der Waals surface area contributed by atoms with Crippen LogP contribution in [0.2, 0.25) is 0 Å². The maximum atomic E-state index is 15.4. The molecule has 0 radical (unpaired) electrons. The van der Waals surface area contributed by atoms with E-state index in [9.17, 15) is 24.0 Å². The van der Waals surface area contributed by atoms with E-state index in [1.54, 1.807) is 42.7 Å². The number of fused-ring (bicyclic) bond motifs is 2. The van der Waals surface area contributed by atoms with Crippen LogP contribution in [0.25, 0.3) is 33.4 Å². The summed E-state index contributed by atoms with van der Waals surface area (Å²) in [6, 6.07) is 12.3. The number of nitrogens with zero attached hydrogens (tertiary/aromatic N) is 7. The molecule has 9 rings (SSSR count). The predicted octanol–water partition coefficient (Wildman–Crippen LogP) is 4.71. The van der Waals surface area contributed by atoms with Crippen molar-refractivity contribution in [2.75, 3.05) is 64.3 Å². The van der Waals surface area contributed by atoms with E-state index in [1.807, 2.05) is 21.8 Å². The van der Waals surface area contributed by atoms with E-state index in [0.29, 0.717) is 79.5 Å². The molecule has 1 atom stereocenters. The molecule has 0 spiro atoms. The molecule has 0 bridgehead atoms. The predicted molar refractivity (Wildman–Crippen MR) is 235 cm³/mol. The Morgan fingerprint density at radius 3 is 2.37 bits per heavy atom. The number of para-hydroxylation sites is 1. The van der Waals surface area contributed by atoms with Crippen LogP contribution in [0.1, 0.15) is 77.3 Å². The molecule has 3 saturated heterocycles. The molecule has 0 saturated carbocycles. The Bertz CT molecular complexity index is 2620. The second-order valence-electron chi connectivity index (χ2n) is 17.0. The molecule has 1 unspecified atom stereocenters. The van der Waals surface area contributed by atoms with Gasteiger partial charge >= 0.3 is 0 Å². The largest absolute Gasteiger partial charge is 0.384 e. The summed E-state index contributed by atoms with van der Waals surface area (Å²) < 4.78 is 38.1. The smallest absolute Gasteiger partial charge is 0.264 e. The fraction of sp³-hybridized carbons (Fsp3) is 0.404. The summed E-state index contributed by atoms with van der Waals surface area (Å²) in [5.41, 5.74) is 4.51. The first kappa shape index (κ1) is 43.7. The van der Waals surface area contributed by atoms with E-state index in [2.05, 4.69) is 30.9 Å². The van der Waals surface area contributed by atoms with Gasteiger partial charge in [-0.05, 0) is 74.4 Å². The number of carbonyl (C=O) groups is 5. The number of unbranched alkanes of at least 4 members (excludes halogenated alkanes) is 2. The number of ether oxygens (including phenoxy) is 1. The van der Waals surface area contributed by atoms with Crippen LogP contribution in [0.15, 0.2) is 67.1 Å². The first-order chi connectivity index (χ1) is 31.6. The van der Waals surface area contributed by atoms with Crippen molar-refractivity contribution in [2.24, 2.45) is 0 Å². The van der Waals surface area contributed by atoms with Gasteiger partial charge in [0.2, 0.25) is 17.7 Å². The molecule has 5 aromatic rings. The van der Waals surface area contributed by atoms with E-state index in [0.717, 1.165) is 55.7 Å². The zero-order valence-corrected chi connectivity index (χ0v) is 35.9. The van der Waals surface area contributed by atoms with Crippen molar-refractivity contribution in [3.63, 3.8) is 0 Å². The number of anilines is 1. The highest BCUT2D eigenvalue weighted by Crippen LogP contribution is 2.34. The molecule has 3 aromatic carbocycles. The number of morpholine rings is 1. The lowest BCUT2D eigenvalue weighted by atomic mass is 10.0. The van der Waals surface area contributed by atoms with Gasteiger partial charge in [-0.2, -0.15) is 5.10 Å². The van der Waals surface area contributed by atoms with E-state index >= 15 is 8.78 Å². The van der Waals surface area contributed by atoms with Crippen molar-refractivity contribution >= 4 is 46.3 Å². The lowest BCUT2D eigenvalue weighted by Crippen LogP contribution is -2.54. The second-order valence-corrected chi connectivity index (χ2v) is 17.0. The SMILES string of the molecule is O=C(CN1CCC(n2cc(-c3cnc4cccc(-c5cc(F)c(CN6CCOCC6)c(F)c5)c4n3)cn2)CC1)NCCCCCNc1cccc2c1C(=O)N(C1CCC(=O)NC1=O)C2=O. The molecule has 0 aliphatic carbocycles. The van der Waals surface area contributed by atoms with Crippen LogP contribution in [0, 0.1) is 11.6 Å². The van der Waals surface area contributed by atoms with Crippen LogP contribution < -0.4 is 16.0 Å². The summed E-state index contributed by atoms with van der Waals surface area (Å²) in [4.78, 5) is 77.9. The van der Waals surface area contributed by atoms with E-state index < -0.39 is 41.3 Å². The average Bonchev–Trinajstić information content (AvgIpc) is 3.90. The number of halogens is 2. The summed E-state index contributed by atoms with van der Waals surface area (Å²) >= 11 is 0. The van der Waals surface area contributed by atoms with E-state index in [4.69, 9.17) is 9.72 Å². The number of benzene rings is 3. The van der Waals surface area contributed by atoms with Gasteiger partial charge in [-0.25, -0.2) is 13.8 Å². The third kappa shape index (κ3) is 9.51. The van der Waals surface area contributed by atoms with Crippen LogP contribution in [0.4, 0.5) is 14.5 Å². The second kappa shape index (κ2) is 19.3. The Balaban J connectivity index is 0.715. The summed E-state index contributed by atoms with van der Waals surface area (Å²) in [6.45, 7) is 5.37. The monoisotopic (exact) mass is 888 g/mol. The number of imide groups is 2. The number of likely N-dealkylation sites (tertiary alicyclic amines) is 1. The Morgan fingerprint density at radius 2 is 1.58 bits per heavy atom. The van der Waals surface area contributed by atoms with Crippen LogP contribution >= 0.6 is 0 Å². The van der Waals surface area contributed by atoms with Gasteiger partial charge in [-0.15, -0.1) is 0 Å². The van der Waals surface area contributed by atoms with Crippen LogP contribution in [-0.4, -0.2) is 129 Å². The molecular formula is C47H50F2N10O6. The van der Waals surface area contributed by atoms with Crippen molar-refractivity contribution < 1.29 is 37.5 Å². The normalized spacial score (nSPS) is 18.6. The molecule has 3 N–H and O–H groups in total. The number of aromatic nitrogens is 4. The van der Waals surface area contributed by atoms with Crippen molar-refractivity contribution in [1.82, 2.24) is 45.1 Å². The third-order valence-corrected chi connectivity index (χ3v) is 12.7. The van der Waals surface area contributed by atoms with Crippen molar-refractivity contribution in [1.29, 1.82) is 0 Å². The molecule has 5 amide bonds. The molecule has 6 heterocycles. The molecule has 18 heteroatoms. The number of piperidine rings is 2. The molecule has 338 valence electrons. The summed E-state index contributed by atoms with van der Waals surface area (Å²) in [7, 11) is 0. The number of rotatable bonds is 15. The number of hydrogen-bond acceptors (Lipinski definition) is 12. The maximum absolute atomic E-state index is 15.4. The first-order valence-corrected chi connectivity index (χ1v) is 22.3. The molecule has 3 fully saturated rings. The van der Waals surface area contributed by atoms with Crippen LogP contribution in [-0.2, 0) is 25.7 Å². The average molecular weight is 889 g/mol. The zero-order chi connectivity index (χ0) is 45.0. The number of hydrogen-bond donors (Lipinski definition) is 3. The van der Waals surface area contributed by atoms with Crippen molar-refractivity contribution in [3.05, 3.63) is 95.4 Å². The Hall–Kier alpha value is -6.50. The molecule has 4 aliphatic heterocycles. The van der Waals surface area contributed by atoms with Crippen LogP contribution in [0.5, 0.6) is 0 Å². The standard InChI is InChI=1S/C47H50F2N10O6/c48-35-22-29(23-36(49)34(35)27-57-18-20-65-21-19-57)32-6-4-9-38-44(32)54-39(25-52-38)30-24-53-58(26-30)31-12-16-56(17-13-31)28-42(61)51-15-3-1-2-14-50-37-8-5-7-33-43(37)47(64)59(46(33)63)40-10-11-41(60)55-45(40)62/h4-9,22-26,31,40,50H,1-3,10-21,27-28H2,(H,51,61)(H,55,60,62). The van der Waals surface area contributed by atoms with Gasteiger partial charge in [0.15, 0.2) is 0 Å². The first-order valence-electron chi connectivity index (χ1n) is 22.3. The number of nitrogens with one attached hydrogen (secondary N) is 3. The quantitative estimate of drug-likeness (QED) is 0.0975. The Kier molecular flexibility index (Phi) is 13.0. The topological polar surface area (TPSA) is 184 Å². The minimum atomic E-state index is -1.02. The lowest BCUT2D eigenvalue weighted by Gasteiger charge is -2.31. The lowest BCUT2D eigenvalue weighted by molar-refractivity contribution is -0.136. The van der Waals surface area contributed by atoms with Gasteiger partial charge in [0.1, 0.15) is 17.7 Å². The molecule has 65 heavy (non-hydrogen) atoms. The molecule has 4 aliphatic rings. The van der Waals surface area contributed by atoms with Gasteiger partial charge in [-0.3, -0.25) is 53.7 Å². The van der Waals surface area contributed by atoms with Gasteiger partial charge in [0.25, 0.3) is 11.8 Å². The highest BCUT2D eigenvalue weighted by atomic mass is 19.1. The zero-order valence-electron chi connectivity index (χ0n) is 35.9. The fourth-order valence-corrected chi connectivity index (χ4v) is 9.11. The van der Waals surface area contributed by atoms with Gasteiger partial charge < -0.3 is 15.4 Å².